The summed E-state index contributed by atoms with van der Waals surface area (Å²) in [4.78, 5) is 13.2. The Hall–Kier alpha value is -2.52. The smallest absolute Gasteiger partial charge is 0.414 e. The van der Waals surface area contributed by atoms with Crippen LogP contribution < -0.4 is 9.62 Å². The second-order valence-electron chi connectivity index (χ2n) is 5.83. The van der Waals surface area contributed by atoms with E-state index in [0.717, 1.165) is 0 Å². The fourth-order valence-electron chi connectivity index (χ4n) is 2.55. The van der Waals surface area contributed by atoms with Crippen LogP contribution in [-0.2, 0) is 20.5 Å². The van der Waals surface area contributed by atoms with Crippen LogP contribution in [-0.4, -0.2) is 33.7 Å². The first-order valence-corrected chi connectivity index (χ1v) is 9.43. The topological polar surface area (TPSA) is 75.7 Å². The molecule has 1 amide bonds. The first kappa shape index (κ1) is 18.3. The average Bonchev–Trinajstić information content (AvgIpc) is 2.96. The Morgan fingerprint density at radius 1 is 1.12 bits per heavy atom. The van der Waals surface area contributed by atoms with Gasteiger partial charge in [0.2, 0.25) is 10.0 Å². The van der Waals surface area contributed by atoms with Gasteiger partial charge < -0.3 is 4.74 Å². The van der Waals surface area contributed by atoms with E-state index in [-0.39, 0.29) is 18.8 Å². The van der Waals surface area contributed by atoms with Crippen LogP contribution in [0, 0.1) is 11.6 Å². The van der Waals surface area contributed by atoms with Crippen LogP contribution in [0.1, 0.15) is 5.56 Å². The van der Waals surface area contributed by atoms with Crippen LogP contribution in [0.5, 0.6) is 0 Å². The van der Waals surface area contributed by atoms with Crippen molar-refractivity contribution >= 4 is 21.8 Å². The Bertz CT molecular complexity index is 903. The molecule has 26 heavy (non-hydrogen) atoms. The van der Waals surface area contributed by atoms with Crippen molar-refractivity contribution in [1.29, 1.82) is 0 Å². The number of anilines is 1. The van der Waals surface area contributed by atoms with E-state index in [0.29, 0.717) is 11.3 Å². The van der Waals surface area contributed by atoms with Gasteiger partial charge in [0, 0.05) is 6.54 Å². The number of ether oxygens (including phenoxy) is 1. The van der Waals surface area contributed by atoms with Gasteiger partial charge in [0.15, 0.2) is 0 Å². The molecule has 0 saturated carbocycles. The van der Waals surface area contributed by atoms with E-state index >= 15 is 0 Å². The van der Waals surface area contributed by atoms with Crippen molar-refractivity contribution < 1.29 is 26.7 Å². The highest BCUT2D eigenvalue weighted by atomic mass is 32.2. The van der Waals surface area contributed by atoms with Crippen LogP contribution in [0.4, 0.5) is 19.3 Å². The molecule has 1 atom stereocenters. The van der Waals surface area contributed by atoms with Gasteiger partial charge in [-0.1, -0.05) is 18.2 Å². The Balaban J connectivity index is 1.58. The summed E-state index contributed by atoms with van der Waals surface area (Å²) in [6, 6.07) is 10.6. The van der Waals surface area contributed by atoms with Crippen molar-refractivity contribution in [2.75, 3.05) is 18.0 Å². The van der Waals surface area contributed by atoms with Crippen molar-refractivity contribution in [2.45, 2.75) is 11.9 Å². The van der Waals surface area contributed by atoms with Gasteiger partial charge in [0.25, 0.3) is 0 Å². The summed E-state index contributed by atoms with van der Waals surface area (Å²) in [6.45, 7) is -0.0115. The van der Waals surface area contributed by atoms with E-state index in [4.69, 9.17) is 4.74 Å². The van der Waals surface area contributed by atoms with Gasteiger partial charge in [-0.05, 0) is 35.9 Å². The first-order valence-electron chi connectivity index (χ1n) is 7.78. The highest BCUT2D eigenvalue weighted by molar-refractivity contribution is 7.88. The Morgan fingerprint density at radius 2 is 1.85 bits per heavy atom. The molecule has 0 aromatic heterocycles. The molecule has 138 valence electrons. The van der Waals surface area contributed by atoms with Gasteiger partial charge in [-0.25, -0.2) is 26.7 Å². The number of hydrogen-bond acceptors (Lipinski definition) is 4. The molecule has 1 unspecified atom stereocenters. The molecule has 3 rings (SSSR count). The summed E-state index contributed by atoms with van der Waals surface area (Å²) >= 11 is 0. The molecule has 0 spiro atoms. The molecule has 2 aromatic carbocycles. The Morgan fingerprint density at radius 3 is 2.54 bits per heavy atom. The minimum Gasteiger partial charge on any atom is -0.443 e. The normalized spacial score (nSPS) is 17.4. The SMILES string of the molecule is O=C1OC(CNS(=O)(=O)Cc2ccc(F)cc2)CN1c1cccc(F)c1. The zero-order valence-electron chi connectivity index (χ0n) is 13.6. The van der Waals surface area contributed by atoms with Gasteiger partial charge in [0.1, 0.15) is 17.7 Å². The van der Waals surface area contributed by atoms with Gasteiger partial charge in [-0.2, -0.15) is 0 Å². The van der Waals surface area contributed by atoms with Gasteiger partial charge in [-0.3, -0.25) is 4.90 Å². The molecule has 6 nitrogen and oxygen atoms in total. The van der Waals surface area contributed by atoms with E-state index < -0.39 is 33.9 Å². The number of carbonyl (C=O) groups excluding carboxylic acids is 1. The fourth-order valence-corrected chi connectivity index (χ4v) is 3.73. The summed E-state index contributed by atoms with van der Waals surface area (Å²) in [6.07, 6.45) is -1.37. The first-order chi connectivity index (χ1) is 12.3. The van der Waals surface area contributed by atoms with Gasteiger partial charge in [0.05, 0.1) is 18.0 Å². The van der Waals surface area contributed by atoms with Crippen LogP contribution in [0.3, 0.4) is 0 Å². The molecule has 0 bridgehead atoms. The minimum atomic E-state index is -3.68. The molecule has 0 radical (unpaired) electrons. The maximum Gasteiger partial charge on any atom is 0.414 e. The van der Waals surface area contributed by atoms with E-state index in [1.807, 2.05) is 0 Å². The Kier molecular flexibility index (Phi) is 5.19. The number of benzene rings is 2. The predicted molar refractivity (Wildman–Crippen MR) is 91.0 cm³/mol. The molecule has 1 saturated heterocycles. The quantitative estimate of drug-likeness (QED) is 0.833. The number of sulfonamides is 1. The maximum atomic E-state index is 13.3. The molecule has 2 aromatic rings. The van der Waals surface area contributed by atoms with Crippen LogP contribution in [0.15, 0.2) is 48.5 Å². The van der Waals surface area contributed by atoms with Crippen molar-refractivity contribution in [3.63, 3.8) is 0 Å². The predicted octanol–water partition coefficient (Wildman–Crippen LogP) is 2.41. The zero-order valence-corrected chi connectivity index (χ0v) is 14.4. The van der Waals surface area contributed by atoms with E-state index in [1.165, 1.54) is 47.4 Å². The molecule has 1 aliphatic rings. The number of hydrogen-bond donors (Lipinski definition) is 1. The molecular formula is C17H16F2N2O4S. The zero-order chi connectivity index (χ0) is 18.7. The lowest BCUT2D eigenvalue weighted by atomic mass is 10.2. The highest BCUT2D eigenvalue weighted by Crippen LogP contribution is 2.22. The van der Waals surface area contributed by atoms with E-state index in [9.17, 15) is 22.0 Å². The molecular weight excluding hydrogens is 366 g/mol. The van der Waals surface area contributed by atoms with Crippen molar-refractivity contribution in [2.24, 2.45) is 0 Å². The van der Waals surface area contributed by atoms with Gasteiger partial charge in [-0.15, -0.1) is 0 Å². The number of halogens is 2. The Labute approximate surface area is 149 Å². The van der Waals surface area contributed by atoms with Gasteiger partial charge >= 0.3 is 6.09 Å². The highest BCUT2D eigenvalue weighted by Gasteiger charge is 2.33. The molecule has 1 fully saturated rings. The molecule has 1 heterocycles. The van der Waals surface area contributed by atoms with Crippen molar-refractivity contribution in [1.82, 2.24) is 4.72 Å². The lowest BCUT2D eigenvalue weighted by molar-refractivity contribution is 0.143. The summed E-state index contributed by atoms with van der Waals surface area (Å²) < 4.78 is 57.9. The standard InChI is InChI=1S/C17H16F2N2O4S/c18-13-6-4-12(5-7-13)11-26(23,24)20-9-16-10-21(17(22)25-16)15-3-1-2-14(19)8-15/h1-8,16,20H,9-11H2. The summed E-state index contributed by atoms with van der Waals surface area (Å²) in [5.41, 5.74) is 0.773. The third kappa shape index (κ3) is 4.55. The number of rotatable bonds is 6. The number of nitrogens with one attached hydrogen (secondary N) is 1. The lowest BCUT2D eigenvalue weighted by Crippen LogP contribution is -2.35. The molecule has 0 aliphatic carbocycles. The minimum absolute atomic E-state index is 0.0986. The van der Waals surface area contributed by atoms with Crippen molar-refractivity contribution in [3.05, 3.63) is 65.7 Å². The van der Waals surface area contributed by atoms with E-state index in [2.05, 4.69) is 4.72 Å². The third-order valence-electron chi connectivity index (χ3n) is 3.79. The molecule has 1 aliphatic heterocycles. The summed E-state index contributed by atoms with van der Waals surface area (Å²) in [5, 5.41) is 0. The molecule has 1 N–H and O–H groups in total. The summed E-state index contributed by atoms with van der Waals surface area (Å²) in [5.74, 6) is -1.25. The summed E-state index contributed by atoms with van der Waals surface area (Å²) in [7, 11) is -3.68. The van der Waals surface area contributed by atoms with Crippen LogP contribution in [0.2, 0.25) is 0 Å². The van der Waals surface area contributed by atoms with Crippen molar-refractivity contribution in [3.8, 4) is 0 Å². The third-order valence-corrected chi connectivity index (χ3v) is 5.11. The van der Waals surface area contributed by atoms with E-state index in [1.54, 1.807) is 6.07 Å². The second-order valence-corrected chi connectivity index (χ2v) is 7.64. The number of amides is 1. The van der Waals surface area contributed by atoms with Crippen LogP contribution in [0.25, 0.3) is 0 Å². The number of carbonyl (C=O) groups is 1. The number of nitrogens with zero attached hydrogens (tertiary/aromatic N) is 1. The monoisotopic (exact) mass is 382 g/mol. The average molecular weight is 382 g/mol. The lowest BCUT2D eigenvalue weighted by Gasteiger charge is -2.13. The second kappa shape index (κ2) is 7.38. The largest absolute Gasteiger partial charge is 0.443 e. The maximum absolute atomic E-state index is 13.3. The molecule has 9 heteroatoms. The number of cyclic esters (lactones) is 1. The fraction of sp³-hybridized carbons (Fsp3) is 0.235. The van der Waals surface area contributed by atoms with Crippen LogP contribution >= 0.6 is 0 Å².